The van der Waals surface area contributed by atoms with Crippen molar-refractivity contribution in [3.05, 3.63) is 24.0 Å². The summed E-state index contributed by atoms with van der Waals surface area (Å²) in [5, 5.41) is 17.6. The average molecular weight is 218 g/mol. The van der Waals surface area contributed by atoms with Gasteiger partial charge in [0.05, 0.1) is 0 Å². The normalized spacial score (nSPS) is 11.4. The zero-order valence-electron chi connectivity index (χ0n) is 7.31. The van der Waals surface area contributed by atoms with E-state index in [0.717, 1.165) is 18.4 Å². The second kappa shape index (κ2) is 3.68. The molecular weight excluding hydrogens is 210 g/mol. The molecule has 0 fully saturated rings. The first-order chi connectivity index (χ1) is 6.34. The van der Waals surface area contributed by atoms with Gasteiger partial charge in [0, 0.05) is 11.7 Å². The van der Waals surface area contributed by atoms with Gasteiger partial charge >= 0.3 is 7.12 Å². The molecule has 76 valence electrons. The molecular formula is C7H8BFO4S. The van der Waals surface area contributed by atoms with Crippen LogP contribution in [0.2, 0.25) is 0 Å². The van der Waals surface area contributed by atoms with E-state index < -0.39 is 27.7 Å². The van der Waals surface area contributed by atoms with E-state index in [4.69, 9.17) is 10.0 Å². The number of hydrogen-bond donors (Lipinski definition) is 2. The minimum Gasteiger partial charge on any atom is -0.423 e. The van der Waals surface area contributed by atoms with Gasteiger partial charge in [-0.3, -0.25) is 0 Å². The van der Waals surface area contributed by atoms with Crippen LogP contribution in [0.15, 0.2) is 23.1 Å². The third-order valence-electron chi connectivity index (χ3n) is 1.65. The lowest BCUT2D eigenvalue weighted by atomic mass is 9.80. The molecule has 0 aromatic heterocycles. The van der Waals surface area contributed by atoms with Crippen LogP contribution >= 0.6 is 0 Å². The predicted octanol–water partition coefficient (Wildman–Crippen LogP) is -1.09. The molecule has 0 aliphatic rings. The molecule has 0 heterocycles. The number of sulfone groups is 1. The maximum Gasteiger partial charge on any atom is 0.489 e. The van der Waals surface area contributed by atoms with Crippen molar-refractivity contribution in [1.29, 1.82) is 0 Å². The molecule has 0 saturated heterocycles. The summed E-state index contributed by atoms with van der Waals surface area (Å²) in [7, 11) is -5.81. The predicted molar refractivity (Wildman–Crippen MR) is 49.3 cm³/mol. The summed E-state index contributed by atoms with van der Waals surface area (Å²) in [5.74, 6) is -0.988. The Bertz CT molecular complexity index is 443. The van der Waals surface area contributed by atoms with E-state index in [2.05, 4.69) is 0 Å². The van der Waals surface area contributed by atoms with E-state index in [9.17, 15) is 12.8 Å². The topological polar surface area (TPSA) is 74.6 Å². The van der Waals surface area contributed by atoms with Gasteiger partial charge in [0.1, 0.15) is 10.7 Å². The summed E-state index contributed by atoms with van der Waals surface area (Å²) in [6.07, 6.45) is 0.803. The smallest absolute Gasteiger partial charge is 0.423 e. The standard InChI is InChI=1S/C7H8BFO4S/c1-14(12,13)7-5(8(10)11)3-2-4-6(7)9/h2-4,10-11H,1H3. The fourth-order valence-electron chi connectivity index (χ4n) is 1.12. The summed E-state index contributed by atoms with van der Waals surface area (Å²) in [6, 6.07) is 3.30. The van der Waals surface area contributed by atoms with Crippen molar-refractivity contribution in [2.24, 2.45) is 0 Å². The molecule has 14 heavy (non-hydrogen) atoms. The Balaban J connectivity index is 3.54. The molecule has 7 heteroatoms. The third-order valence-corrected chi connectivity index (χ3v) is 2.82. The molecule has 0 atom stereocenters. The Morgan fingerprint density at radius 2 is 1.93 bits per heavy atom. The highest BCUT2D eigenvalue weighted by atomic mass is 32.2. The molecule has 0 radical (unpaired) electrons. The van der Waals surface area contributed by atoms with Gasteiger partial charge < -0.3 is 10.0 Å². The van der Waals surface area contributed by atoms with Crippen molar-refractivity contribution >= 4 is 22.4 Å². The van der Waals surface area contributed by atoms with Crippen LogP contribution < -0.4 is 5.46 Å². The maximum atomic E-state index is 13.1. The molecule has 0 saturated carbocycles. The van der Waals surface area contributed by atoms with E-state index in [0.29, 0.717) is 0 Å². The van der Waals surface area contributed by atoms with Gasteiger partial charge in [-0.1, -0.05) is 12.1 Å². The lowest BCUT2D eigenvalue weighted by Crippen LogP contribution is -2.34. The van der Waals surface area contributed by atoms with Crippen molar-refractivity contribution in [3.63, 3.8) is 0 Å². The van der Waals surface area contributed by atoms with E-state index in [1.54, 1.807) is 0 Å². The number of halogens is 1. The quantitative estimate of drug-likeness (QED) is 0.618. The molecule has 0 aliphatic carbocycles. The molecule has 0 amide bonds. The molecule has 1 rings (SSSR count). The number of benzene rings is 1. The van der Waals surface area contributed by atoms with Gasteiger partial charge in [0.15, 0.2) is 9.84 Å². The lowest BCUT2D eigenvalue weighted by Gasteiger charge is -2.07. The van der Waals surface area contributed by atoms with E-state index in [1.165, 1.54) is 6.07 Å². The van der Waals surface area contributed by atoms with Crippen LogP contribution in [0, 0.1) is 5.82 Å². The van der Waals surface area contributed by atoms with E-state index in [-0.39, 0.29) is 5.46 Å². The van der Waals surface area contributed by atoms with Crippen molar-refractivity contribution in [3.8, 4) is 0 Å². The third kappa shape index (κ3) is 2.12. The Kier molecular flexibility index (Phi) is 2.93. The monoisotopic (exact) mass is 218 g/mol. The van der Waals surface area contributed by atoms with Gasteiger partial charge in [-0.05, 0) is 6.07 Å². The summed E-state index contributed by atoms with van der Waals surface area (Å²) in [4.78, 5) is -0.671. The molecule has 4 nitrogen and oxygen atoms in total. The molecule has 0 aliphatic heterocycles. The Morgan fingerprint density at radius 3 is 2.29 bits per heavy atom. The van der Waals surface area contributed by atoms with Gasteiger partial charge in [0.25, 0.3) is 0 Å². The van der Waals surface area contributed by atoms with E-state index in [1.807, 2.05) is 0 Å². The SMILES string of the molecule is CS(=O)(=O)c1c(F)cccc1B(O)O. The summed E-state index contributed by atoms with van der Waals surface area (Å²) < 4.78 is 35.3. The first-order valence-corrected chi connectivity index (χ1v) is 5.58. The zero-order chi connectivity index (χ0) is 10.9. The summed E-state index contributed by atoms with van der Waals surface area (Å²) in [5.41, 5.74) is -0.354. The van der Waals surface area contributed by atoms with Gasteiger partial charge in [0.2, 0.25) is 0 Å². The molecule has 1 aromatic rings. The second-order valence-corrected chi connectivity index (χ2v) is 4.76. The van der Waals surface area contributed by atoms with Crippen LogP contribution in [0.1, 0.15) is 0 Å². The fourth-order valence-corrected chi connectivity index (χ4v) is 2.14. The van der Waals surface area contributed by atoms with Crippen molar-refractivity contribution < 1.29 is 22.9 Å². The highest BCUT2D eigenvalue weighted by molar-refractivity contribution is 7.91. The minimum atomic E-state index is -3.80. The Morgan fingerprint density at radius 1 is 1.36 bits per heavy atom. The molecule has 0 spiro atoms. The molecule has 0 unspecified atom stereocenters. The molecule has 1 aromatic carbocycles. The van der Waals surface area contributed by atoms with Crippen LogP contribution in [-0.2, 0) is 9.84 Å². The van der Waals surface area contributed by atoms with Crippen LogP contribution in [0.25, 0.3) is 0 Å². The fraction of sp³-hybridized carbons (Fsp3) is 0.143. The Hall–Kier alpha value is -0.915. The van der Waals surface area contributed by atoms with Crippen LogP contribution in [0.5, 0.6) is 0 Å². The molecule has 0 bridgehead atoms. The van der Waals surface area contributed by atoms with Gasteiger partial charge in [-0.15, -0.1) is 0 Å². The highest BCUT2D eigenvalue weighted by Gasteiger charge is 2.25. The first kappa shape index (κ1) is 11.2. The first-order valence-electron chi connectivity index (χ1n) is 3.68. The van der Waals surface area contributed by atoms with Crippen molar-refractivity contribution in [2.75, 3.05) is 6.26 Å². The minimum absolute atomic E-state index is 0.354. The van der Waals surface area contributed by atoms with E-state index >= 15 is 0 Å². The summed E-state index contributed by atoms with van der Waals surface area (Å²) >= 11 is 0. The number of hydrogen-bond acceptors (Lipinski definition) is 4. The Labute approximate surface area is 81.1 Å². The van der Waals surface area contributed by atoms with Gasteiger partial charge in [-0.25, -0.2) is 12.8 Å². The lowest BCUT2D eigenvalue weighted by molar-refractivity contribution is 0.423. The highest BCUT2D eigenvalue weighted by Crippen LogP contribution is 2.11. The van der Waals surface area contributed by atoms with Crippen LogP contribution in [0.4, 0.5) is 4.39 Å². The van der Waals surface area contributed by atoms with Gasteiger partial charge in [-0.2, -0.15) is 0 Å². The van der Waals surface area contributed by atoms with Crippen molar-refractivity contribution in [2.45, 2.75) is 4.90 Å². The average Bonchev–Trinajstić information content (AvgIpc) is 2.01. The maximum absolute atomic E-state index is 13.1. The molecule has 2 N–H and O–H groups in total. The largest absolute Gasteiger partial charge is 0.489 e. The zero-order valence-corrected chi connectivity index (χ0v) is 8.12. The summed E-state index contributed by atoms with van der Waals surface area (Å²) in [6.45, 7) is 0. The van der Waals surface area contributed by atoms with Crippen LogP contribution in [0.3, 0.4) is 0 Å². The second-order valence-electron chi connectivity index (χ2n) is 2.80. The number of rotatable bonds is 2. The van der Waals surface area contributed by atoms with Crippen LogP contribution in [-0.4, -0.2) is 31.8 Å². The van der Waals surface area contributed by atoms with Crippen molar-refractivity contribution in [1.82, 2.24) is 0 Å².